The smallest absolute Gasteiger partial charge is 0.143 e. The number of nitrogens with two attached hydrogens (primary N) is 1. The number of halogens is 1. The topological polar surface area (TPSA) is 80.7 Å². The van der Waals surface area contributed by atoms with Crippen molar-refractivity contribution in [3.63, 3.8) is 0 Å². The highest BCUT2D eigenvalue weighted by Gasteiger charge is 2.00. The fourth-order valence-corrected chi connectivity index (χ4v) is 2.06. The number of rotatable bonds is 5. The number of benzene rings is 1. The minimum atomic E-state index is 0.180. The normalized spacial score (nSPS) is 11.3. The van der Waals surface area contributed by atoms with Gasteiger partial charge < -0.3 is 15.7 Å². The van der Waals surface area contributed by atoms with E-state index in [9.17, 15) is 0 Å². The zero-order chi connectivity index (χ0) is 14.4. The summed E-state index contributed by atoms with van der Waals surface area (Å²) in [6, 6.07) is 9.43. The first-order chi connectivity index (χ1) is 9.67. The van der Waals surface area contributed by atoms with Crippen LogP contribution >= 0.6 is 15.9 Å². The summed E-state index contributed by atoms with van der Waals surface area (Å²) in [7, 11) is 0. The average molecular weight is 336 g/mol. The predicted octanol–water partition coefficient (Wildman–Crippen LogP) is 2.71. The minimum Gasteiger partial charge on any atom is -0.489 e. The van der Waals surface area contributed by atoms with Crippen LogP contribution in [0.5, 0.6) is 5.75 Å². The van der Waals surface area contributed by atoms with Crippen LogP contribution in [0.1, 0.15) is 11.1 Å². The number of oxime groups is 1. The fraction of sp³-hybridized carbons (Fsp3) is 0.143. The van der Waals surface area contributed by atoms with Crippen molar-refractivity contribution in [3.8, 4) is 5.75 Å². The zero-order valence-corrected chi connectivity index (χ0v) is 12.2. The highest BCUT2D eigenvalue weighted by Crippen LogP contribution is 2.16. The molecule has 6 heteroatoms. The Morgan fingerprint density at radius 3 is 2.65 bits per heavy atom. The summed E-state index contributed by atoms with van der Waals surface area (Å²) in [5, 5.41) is 11.5. The maximum absolute atomic E-state index is 8.51. The second-order valence-electron chi connectivity index (χ2n) is 4.21. The number of ether oxygens (including phenoxy) is 1. The molecule has 2 aromatic rings. The summed E-state index contributed by atoms with van der Waals surface area (Å²) in [5.74, 6) is 0.937. The van der Waals surface area contributed by atoms with Gasteiger partial charge in [-0.25, -0.2) is 0 Å². The Bertz CT molecular complexity index is 600. The van der Waals surface area contributed by atoms with E-state index in [1.165, 1.54) is 0 Å². The van der Waals surface area contributed by atoms with Crippen LogP contribution in [0.4, 0.5) is 0 Å². The molecule has 0 spiro atoms. The van der Waals surface area contributed by atoms with E-state index in [0.717, 1.165) is 21.3 Å². The lowest BCUT2D eigenvalue weighted by Gasteiger charge is -2.07. The first-order valence-electron chi connectivity index (χ1n) is 5.95. The maximum Gasteiger partial charge on any atom is 0.143 e. The molecule has 0 amide bonds. The molecule has 0 unspecified atom stereocenters. The Balaban J connectivity index is 1.94. The van der Waals surface area contributed by atoms with Gasteiger partial charge in [-0.2, -0.15) is 0 Å². The molecule has 2 rings (SSSR count). The monoisotopic (exact) mass is 335 g/mol. The van der Waals surface area contributed by atoms with E-state index in [4.69, 9.17) is 15.7 Å². The number of pyridine rings is 1. The zero-order valence-electron chi connectivity index (χ0n) is 10.7. The second-order valence-corrected chi connectivity index (χ2v) is 5.13. The lowest BCUT2D eigenvalue weighted by molar-refractivity contribution is 0.305. The fourth-order valence-electron chi connectivity index (χ4n) is 1.65. The maximum atomic E-state index is 8.51. The van der Waals surface area contributed by atoms with Gasteiger partial charge >= 0.3 is 0 Å². The van der Waals surface area contributed by atoms with Crippen molar-refractivity contribution >= 4 is 21.8 Å². The summed E-state index contributed by atoms with van der Waals surface area (Å²) < 4.78 is 6.59. The van der Waals surface area contributed by atoms with Gasteiger partial charge in [0, 0.05) is 28.9 Å². The molecule has 0 atom stereocenters. The molecule has 1 aromatic carbocycles. The molecular weight excluding hydrogens is 322 g/mol. The van der Waals surface area contributed by atoms with Gasteiger partial charge in [0.25, 0.3) is 0 Å². The Kier molecular flexibility index (Phi) is 4.95. The summed E-state index contributed by atoms with van der Waals surface area (Å²) in [6.45, 7) is 0.450. The number of nitrogens with zero attached hydrogens (tertiary/aromatic N) is 2. The molecule has 1 aromatic heterocycles. The largest absolute Gasteiger partial charge is 0.489 e. The van der Waals surface area contributed by atoms with E-state index in [1.54, 1.807) is 12.4 Å². The van der Waals surface area contributed by atoms with Crippen LogP contribution in [0.25, 0.3) is 0 Å². The van der Waals surface area contributed by atoms with E-state index in [1.807, 2.05) is 30.3 Å². The van der Waals surface area contributed by atoms with Gasteiger partial charge in [-0.05, 0) is 39.7 Å². The van der Waals surface area contributed by atoms with Crippen LogP contribution < -0.4 is 10.5 Å². The van der Waals surface area contributed by atoms with E-state index in [-0.39, 0.29) is 5.84 Å². The molecule has 0 aliphatic carbocycles. The van der Waals surface area contributed by atoms with Gasteiger partial charge in [-0.1, -0.05) is 17.3 Å². The molecule has 5 nitrogen and oxygen atoms in total. The van der Waals surface area contributed by atoms with Crippen LogP contribution in [0, 0.1) is 0 Å². The molecule has 20 heavy (non-hydrogen) atoms. The molecule has 0 saturated heterocycles. The minimum absolute atomic E-state index is 0.180. The molecule has 1 heterocycles. The Morgan fingerprint density at radius 2 is 2.00 bits per heavy atom. The summed E-state index contributed by atoms with van der Waals surface area (Å²) in [6.07, 6.45) is 3.90. The van der Waals surface area contributed by atoms with Crippen LogP contribution in [0.2, 0.25) is 0 Å². The third kappa shape index (κ3) is 4.24. The second kappa shape index (κ2) is 6.91. The van der Waals surface area contributed by atoms with E-state index in [2.05, 4.69) is 26.1 Å². The van der Waals surface area contributed by atoms with Crippen molar-refractivity contribution in [2.75, 3.05) is 0 Å². The Labute approximate surface area is 125 Å². The molecule has 0 aliphatic heterocycles. The van der Waals surface area contributed by atoms with Crippen molar-refractivity contribution < 1.29 is 9.94 Å². The van der Waals surface area contributed by atoms with E-state index in [0.29, 0.717) is 13.0 Å². The molecular formula is C14H14BrN3O2. The van der Waals surface area contributed by atoms with Crippen molar-refractivity contribution in [2.45, 2.75) is 13.0 Å². The van der Waals surface area contributed by atoms with Crippen molar-refractivity contribution in [3.05, 3.63) is 58.3 Å². The lowest BCUT2D eigenvalue weighted by Crippen LogP contribution is -2.14. The van der Waals surface area contributed by atoms with Crippen LogP contribution in [-0.2, 0) is 13.0 Å². The molecule has 0 aliphatic rings. The molecule has 104 valence electrons. The Morgan fingerprint density at radius 1 is 1.25 bits per heavy atom. The summed E-state index contributed by atoms with van der Waals surface area (Å²) >= 11 is 3.37. The average Bonchev–Trinajstić information content (AvgIpc) is 2.46. The predicted molar refractivity (Wildman–Crippen MR) is 79.8 cm³/mol. The van der Waals surface area contributed by atoms with Gasteiger partial charge in [0.2, 0.25) is 0 Å². The molecule has 3 N–H and O–H groups in total. The van der Waals surface area contributed by atoms with Gasteiger partial charge in [0.05, 0.1) is 0 Å². The lowest BCUT2D eigenvalue weighted by atomic mass is 10.1. The van der Waals surface area contributed by atoms with E-state index >= 15 is 0 Å². The third-order valence-corrected chi connectivity index (χ3v) is 3.04. The van der Waals surface area contributed by atoms with Crippen molar-refractivity contribution in [1.82, 2.24) is 4.98 Å². The van der Waals surface area contributed by atoms with Crippen molar-refractivity contribution in [2.24, 2.45) is 10.9 Å². The molecule has 0 radical (unpaired) electrons. The number of amidine groups is 1. The number of hydrogen-bond donors (Lipinski definition) is 2. The van der Waals surface area contributed by atoms with Gasteiger partial charge in [-0.3, -0.25) is 4.98 Å². The van der Waals surface area contributed by atoms with E-state index < -0.39 is 0 Å². The number of aromatic nitrogens is 1. The summed E-state index contributed by atoms with van der Waals surface area (Å²) in [4.78, 5) is 4.08. The van der Waals surface area contributed by atoms with Crippen LogP contribution in [0.3, 0.4) is 0 Å². The van der Waals surface area contributed by atoms with Crippen molar-refractivity contribution in [1.29, 1.82) is 0 Å². The first kappa shape index (κ1) is 14.3. The van der Waals surface area contributed by atoms with Gasteiger partial charge in [0.1, 0.15) is 18.2 Å². The molecule has 0 bridgehead atoms. The molecule has 0 saturated carbocycles. The Hall–Kier alpha value is -2.08. The third-order valence-electron chi connectivity index (χ3n) is 2.60. The quantitative estimate of drug-likeness (QED) is 0.381. The van der Waals surface area contributed by atoms with Crippen LogP contribution in [0.15, 0.2) is 52.4 Å². The standard InChI is InChI=1S/C14H14BrN3O2/c15-12-5-11(7-17-8-12)9-20-13-3-1-10(2-4-13)6-14(16)18-19/h1-5,7-8,19H,6,9H2,(H2,16,18). The first-order valence-corrected chi connectivity index (χ1v) is 6.74. The molecule has 0 fully saturated rings. The van der Waals surface area contributed by atoms with Gasteiger partial charge in [-0.15, -0.1) is 0 Å². The number of hydrogen-bond acceptors (Lipinski definition) is 4. The summed E-state index contributed by atoms with van der Waals surface area (Å²) in [5.41, 5.74) is 7.39. The highest BCUT2D eigenvalue weighted by atomic mass is 79.9. The SMILES string of the molecule is N/C(Cc1ccc(OCc2cncc(Br)c2)cc1)=N/O. The van der Waals surface area contributed by atoms with Crippen LogP contribution in [-0.4, -0.2) is 16.0 Å². The van der Waals surface area contributed by atoms with Gasteiger partial charge in [0.15, 0.2) is 0 Å². The highest BCUT2D eigenvalue weighted by molar-refractivity contribution is 9.10.